The van der Waals surface area contributed by atoms with E-state index in [1.54, 1.807) is 0 Å². The Kier molecular flexibility index (Phi) is 1.26. The van der Waals surface area contributed by atoms with Gasteiger partial charge >= 0.3 is 0 Å². The van der Waals surface area contributed by atoms with Gasteiger partial charge in [0.05, 0.1) is 0 Å². The lowest BCUT2D eigenvalue weighted by Gasteiger charge is -1.97. The van der Waals surface area contributed by atoms with Crippen LogP contribution in [0.4, 0.5) is 11.8 Å². The van der Waals surface area contributed by atoms with Gasteiger partial charge in [0.15, 0.2) is 12.9 Å². The molecule has 6 N–H and O–H groups in total. The second-order valence-corrected chi connectivity index (χ2v) is 1.73. The molecule has 1 aromatic rings. The Balaban J connectivity index is 3.20. The summed E-state index contributed by atoms with van der Waals surface area (Å²) in [6.07, 6.45) is 0. The Morgan fingerprint density at radius 1 is 1.55 bits per heavy atom. The molecule has 0 spiro atoms. The summed E-state index contributed by atoms with van der Waals surface area (Å²) in [7, 11) is 0. The quantitative estimate of drug-likeness (QED) is 0.459. The fourth-order valence-corrected chi connectivity index (χ4v) is 0.504. The topological polar surface area (TPSA) is 134 Å². The molecule has 58 valence electrons. The van der Waals surface area contributed by atoms with Crippen LogP contribution in [0.2, 0.25) is 1.41 Å². The Morgan fingerprint density at radius 3 is 2.82 bits per heavy atom. The summed E-state index contributed by atoms with van der Waals surface area (Å²) in [5, 5.41) is 6.66. The summed E-state index contributed by atoms with van der Waals surface area (Å²) in [6, 6.07) is 0. The molecule has 1 aromatic heterocycles. The minimum absolute atomic E-state index is 0.102. The van der Waals surface area contributed by atoms with Gasteiger partial charge in [-0.15, -0.1) is 10.2 Å². The standard InChI is InChI=1S/C4H6N6O/c5-2-1(3(6)11)9-10-4(7)8-2/h(H2,6,11)(H4,5,7,8,10)/i/hT. The largest absolute Gasteiger partial charge is 0.382 e. The van der Waals surface area contributed by atoms with Gasteiger partial charge in [-0.1, -0.05) is 0 Å². The molecule has 7 heteroatoms. The molecular formula is C4H6N6O. The van der Waals surface area contributed by atoms with Gasteiger partial charge in [-0.2, -0.15) is 4.98 Å². The first kappa shape index (κ1) is 5.83. The number of amides is 1. The van der Waals surface area contributed by atoms with Crippen molar-refractivity contribution in [1.82, 2.24) is 15.2 Å². The highest BCUT2D eigenvalue weighted by Crippen LogP contribution is 2.02. The number of nitrogen functional groups attached to an aromatic ring is 2. The van der Waals surface area contributed by atoms with Crippen molar-refractivity contribution < 1.29 is 6.21 Å². The van der Waals surface area contributed by atoms with E-state index in [0.717, 1.165) is 0 Å². The first-order valence-electron chi connectivity index (χ1n) is 3.13. The maximum atomic E-state index is 10.6. The lowest BCUT2D eigenvalue weighted by Crippen LogP contribution is -2.18. The van der Waals surface area contributed by atoms with Gasteiger partial charge in [-0.25, -0.2) is 0 Å². The van der Waals surface area contributed by atoms with Gasteiger partial charge in [0.2, 0.25) is 5.95 Å². The van der Waals surface area contributed by atoms with E-state index in [1.807, 2.05) is 5.73 Å². The third kappa shape index (κ3) is 1.31. The van der Waals surface area contributed by atoms with E-state index >= 15 is 0 Å². The van der Waals surface area contributed by atoms with Crippen LogP contribution < -0.4 is 17.2 Å². The highest BCUT2D eigenvalue weighted by molar-refractivity contribution is 5.94. The summed E-state index contributed by atoms with van der Waals surface area (Å²) in [5.74, 6) is -1.05. The van der Waals surface area contributed by atoms with Gasteiger partial charge in [0.1, 0.15) is 0 Å². The molecule has 0 aliphatic heterocycles. The molecule has 1 amide bonds. The van der Waals surface area contributed by atoms with Crippen molar-refractivity contribution >= 4 is 17.7 Å². The van der Waals surface area contributed by atoms with Crippen molar-refractivity contribution in [3.05, 3.63) is 5.69 Å². The number of nitrogens with two attached hydrogens (primary N) is 3. The normalized spacial score (nSPS) is 10.4. The molecule has 1 heterocycles. The van der Waals surface area contributed by atoms with E-state index < -0.39 is 5.91 Å². The van der Waals surface area contributed by atoms with E-state index in [-0.39, 0.29) is 17.5 Å². The Hall–Kier alpha value is -1.92. The van der Waals surface area contributed by atoms with Crippen LogP contribution in [0.15, 0.2) is 0 Å². The summed E-state index contributed by atoms with van der Waals surface area (Å²) in [4.78, 5) is 14.1. The number of carbonyl (C=O) groups excluding carboxylic acids is 1. The van der Waals surface area contributed by atoms with Gasteiger partial charge < -0.3 is 17.2 Å². The lowest BCUT2D eigenvalue weighted by molar-refractivity contribution is 0.0995. The molecule has 0 radical (unpaired) electrons. The van der Waals surface area contributed by atoms with Gasteiger partial charge in [-0.05, 0) is 0 Å². The zero-order chi connectivity index (χ0) is 9.14. The first-order valence-corrected chi connectivity index (χ1v) is 2.63. The number of hydrogen-bond acceptors (Lipinski definition) is 6. The van der Waals surface area contributed by atoms with E-state index in [2.05, 4.69) is 15.2 Å². The van der Waals surface area contributed by atoms with Crippen LogP contribution in [0.3, 0.4) is 0 Å². The minimum atomic E-state index is -0.815. The summed E-state index contributed by atoms with van der Waals surface area (Å²) < 4.78 is 6.73. The maximum absolute atomic E-state index is 10.6. The number of nitrogens with zero attached hydrogens (tertiary/aromatic N) is 3. The van der Waals surface area contributed by atoms with Crippen molar-refractivity contribution in [3.8, 4) is 0 Å². The van der Waals surface area contributed by atoms with Crippen LogP contribution in [0, 0.1) is 0 Å². The average molecular weight is 156 g/mol. The predicted octanol–water partition coefficient (Wildman–Crippen LogP) is -1.87. The number of rotatable bonds is 2. The number of primary amides is 1. The van der Waals surface area contributed by atoms with Crippen molar-refractivity contribution in [1.29, 1.82) is 0 Å². The Morgan fingerprint density at radius 2 is 2.27 bits per heavy atom. The third-order valence-corrected chi connectivity index (χ3v) is 0.937. The van der Waals surface area contributed by atoms with Crippen LogP contribution in [-0.4, -0.2) is 21.1 Å². The molecule has 0 unspecified atom stereocenters. The second-order valence-electron chi connectivity index (χ2n) is 1.73. The monoisotopic (exact) mass is 156 g/mol. The Labute approximate surface area is 63.1 Å². The van der Waals surface area contributed by atoms with Gasteiger partial charge in [-0.3, -0.25) is 4.79 Å². The van der Waals surface area contributed by atoms with Crippen molar-refractivity contribution in [2.75, 3.05) is 11.5 Å². The van der Waals surface area contributed by atoms with E-state index in [4.69, 9.17) is 12.9 Å². The zero-order valence-corrected chi connectivity index (χ0v) is 5.40. The van der Waals surface area contributed by atoms with Gasteiger partial charge in [0, 0.05) is 0 Å². The molecule has 0 saturated carbocycles. The average Bonchev–Trinajstić information content (AvgIpc) is 2.03. The van der Waals surface area contributed by atoms with Gasteiger partial charge in [0.25, 0.3) is 5.91 Å². The minimum Gasteiger partial charge on any atom is -0.382 e. The van der Waals surface area contributed by atoms with Crippen molar-refractivity contribution in [2.24, 2.45) is 5.73 Å². The van der Waals surface area contributed by atoms with Crippen molar-refractivity contribution in [2.45, 2.75) is 0 Å². The van der Waals surface area contributed by atoms with Crippen molar-refractivity contribution in [3.63, 3.8) is 0 Å². The maximum Gasteiger partial charge on any atom is 0.273 e. The molecule has 0 aliphatic carbocycles. The van der Waals surface area contributed by atoms with Crippen LogP contribution in [0.1, 0.15) is 10.5 Å². The molecule has 0 saturated heterocycles. The molecule has 7 nitrogen and oxygen atoms in total. The molecular weight excluding hydrogens is 148 g/mol. The SMILES string of the molecule is [3H]Nc1nc(N)nnc1C(N)=O. The number of carbonyl (C=O) groups is 1. The highest BCUT2D eigenvalue weighted by Gasteiger charge is 2.09. The number of anilines is 2. The predicted molar refractivity (Wildman–Crippen MR) is 37.2 cm³/mol. The van der Waals surface area contributed by atoms with Crippen LogP contribution in [0.5, 0.6) is 0 Å². The Bertz CT molecular complexity index is 314. The molecule has 0 fully saturated rings. The number of hydrogen-bond donors (Lipinski definition) is 3. The van der Waals surface area contributed by atoms with Crippen LogP contribution in [0.25, 0.3) is 0 Å². The molecule has 1 rings (SSSR count). The molecule has 0 atom stereocenters. The summed E-state index contributed by atoms with van der Waals surface area (Å²) in [6.45, 7) is 0. The summed E-state index contributed by atoms with van der Waals surface area (Å²) >= 11 is 0. The van der Waals surface area contributed by atoms with E-state index in [0.29, 0.717) is 0 Å². The van der Waals surface area contributed by atoms with E-state index in [9.17, 15) is 4.79 Å². The fourth-order valence-electron chi connectivity index (χ4n) is 0.504. The molecule has 0 aromatic carbocycles. The lowest BCUT2D eigenvalue weighted by atomic mass is 10.4. The first-order chi connectivity index (χ1) is 5.65. The second kappa shape index (κ2) is 2.37. The number of aromatic nitrogens is 3. The van der Waals surface area contributed by atoms with Crippen LogP contribution in [-0.2, 0) is 0 Å². The molecule has 0 aliphatic rings. The molecule has 0 bridgehead atoms. The third-order valence-electron chi connectivity index (χ3n) is 0.937. The zero-order valence-electron chi connectivity index (χ0n) is 6.40. The smallest absolute Gasteiger partial charge is 0.273 e. The summed E-state index contributed by atoms with van der Waals surface area (Å²) in [5.41, 5.74) is 11.7. The fraction of sp³-hybridized carbons (Fsp3) is 0. The molecule has 11 heavy (non-hydrogen) atoms. The van der Waals surface area contributed by atoms with Crippen LogP contribution >= 0.6 is 0 Å². The van der Waals surface area contributed by atoms with E-state index in [1.165, 1.54) is 0 Å². The highest BCUT2D eigenvalue weighted by atomic mass is 16.1.